The van der Waals surface area contributed by atoms with Crippen LogP contribution in [0.3, 0.4) is 0 Å². The predicted molar refractivity (Wildman–Crippen MR) is 106 cm³/mol. The van der Waals surface area contributed by atoms with Gasteiger partial charge < -0.3 is 29.9 Å². The average Bonchev–Trinajstić information content (AvgIpc) is 3.50. The van der Waals surface area contributed by atoms with Gasteiger partial charge in [-0.1, -0.05) is 71.3 Å². The molecule has 1 aliphatic rings. The summed E-state index contributed by atoms with van der Waals surface area (Å²) < 4.78 is 8.47. The molecule has 1 rings (SSSR count). The van der Waals surface area contributed by atoms with E-state index in [1.165, 1.54) is 64.7 Å². The third-order valence-electron chi connectivity index (χ3n) is 3.44. The van der Waals surface area contributed by atoms with Gasteiger partial charge in [-0.3, -0.25) is 0 Å². The number of hydrogen-bond acceptors (Lipinski definition) is 7. The molecule has 0 amide bonds. The Labute approximate surface area is 163 Å². The lowest BCUT2D eigenvalue weighted by Crippen LogP contribution is -2.06. The molecule has 1 fully saturated rings. The zero-order valence-electron chi connectivity index (χ0n) is 16.9. The zero-order valence-corrected chi connectivity index (χ0v) is 16.9. The van der Waals surface area contributed by atoms with Crippen molar-refractivity contribution in [3.63, 3.8) is 0 Å². The summed E-state index contributed by atoms with van der Waals surface area (Å²) in [7, 11) is 0. The molecule has 0 spiro atoms. The molecule has 0 atom stereocenters. The van der Waals surface area contributed by atoms with Crippen LogP contribution in [0.15, 0.2) is 24.0 Å². The Morgan fingerprint density at radius 2 is 1.33 bits per heavy atom. The fourth-order valence-corrected chi connectivity index (χ4v) is 1.82. The first-order chi connectivity index (χ1) is 12.9. The maximum absolute atomic E-state index is 10.5. The van der Waals surface area contributed by atoms with Crippen LogP contribution >= 0.6 is 0 Å². The lowest BCUT2D eigenvalue weighted by molar-refractivity contribution is -0.140. The lowest BCUT2D eigenvalue weighted by atomic mass is 10.1. The second-order valence-corrected chi connectivity index (χ2v) is 6.32. The number of carbonyl (C=O) groups is 1. The number of ether oxygens (including phenoxy) is 2. The first-order valence-electron chi connectivity index (χ1n) is 9.74. The highest BCUT2D eigenvalue weighted by atomic mass is 16.6. The fourth-order valence-electron chi connectivity index (χ4n) is 1.82. The van der Waals surface area contributed by atoms with E-state index in [4.69, 9.17) is 20.4 Å². The number of aliphatic hydroxyl groups is 4. The summed E-state index contributed by atoms with van der Waals surface area (Å²) in [6.45, 7) is 9.18. The van der Waals surface area contributed by atoms with Crippen molar-refractivity contribution in [1.82, 2.24) is 0 Å². The quantitative estimate of drug-likeness (QED) is 0.124. The van der Waals surface area contributed by atoms with Crippen molar-refractivity contribution in [2.75, 3.05) is 19.8 Å². The standard InChI is InChI=1S/C12H26O.C6H8O5.C2H4O/c1-2-3-4-5-6-7-8-9-10-11-12-13;1-3(2)5(9)11-6(10)4(7)8;1-2-3-1/h13H,2-12H2,1H3;7-8,10H,1H2,2H3;1-2H2. The summed E-state index contributed by atoms with van der Waals surface area (Å²) in [5.41, 5.74) is 0.0396. The number of rotatable bonds is 12. The Hall–Kier alpha value is -1.73. The van der Waals surface area contributed by atoms with Crippen molar-refractivity contribution in [1.29, 1.82) is 0 Å². The maximum Gasteiger partial charge on any atom is 0.369 e. The molecule has 0 aromatic rings. The van der Waals surface area contributed by atoms with E-state index in [0.717, 1.165) is 19.6 Å². The molecule has 4 N–H and O–H groups in total. The number of hydrogen-bond donors (Lipinski definition) is 4. The summed E-state index contributed by atoms with van der Waals surface area (Å²) in [4.78, 5) is 10.5. The second kappa shape index (κ2) is 20.6. The molecular formula is C20H38O7. The summed E-state index contributed by atoms with van der Waals surface area (Å²) in [5, 5.41) is 33.3. The molecule has 0 radical (unpaired) electrons. The van der Waals surface area contributed by atoms with Crippen LogP contribution in [0.4, 0.5) is 0 Å². The smallest absolute Gasteiger partial charge is 0.369 e. The fraction of sp³-hybridized carbons (Fsp3) is 0.750. The van der Waals surface area contributed by atoms with Gasteiger partial charge >= 0.3 is 17.9 Å². The highest BCUT2D eigenvalue weighted by Gasteiger charge is 2.10. The van der Waals surface area contributed by atoms with Crippen LogP contribution in [0.5, 0.6) is 0 Å². The van der Waals surface area contributed by atoms with E-state index in [1.807, 2.05) is 0 Å². The maximum atomic E-state index is 10.5. The molecule has 1 saturated heterocycles. The van der Waals surface area contributed by atoms with E-state index >= 15 is 0 Å². The van der Waals surface area contributed by atoms with E-state index in [-0.39, 0.29) is 5.57 Å². The van der Waals surface area contributed by atoms with Crippen molar-refractivity contribution in [3.05, 3.63) is 24.0 Å². The minimum absolute atomic E-state index is 0.0396. The zero-order chi connectivity index (χ0) is 20.9. The van der Waals surface area contributed by atoms with Crippen LogP contribution in [-0.4, -0.2) is 46.2 Å². The first kappa shape index (κ1) is 27.5. The molecule has 0 saturated carbocycles. The number of epoxide rings is 1. The average molecular weight is 391 g/mol. The molecule has 0 aliphatic carbocycles. The molecule has 27 heavy (non-hydrogen) atoms. The Morgan fingerprint density at radius 1 is 0.926 bits per heavy atom. The summed E-state index contributed by atoms with van der Waals surface area (Å²) in [6, 6.07) is 0. The van der Waals surface area contributed by atoms with Gasteiger partial charge in [0.1, 0.15) is 0 Å². The van der Waals surface area contributed by atoms with Gasteiger partial charge in [0.15, 0.2) is 0 Å². The normalized spacial score (nSPS) is 11.2. The van der Waals surface area contributed by atoms with Gasteiger partial charge in [0, 0.05) is 12.2 Å². The summed E-state index contributed by atoms with van der Waals surface area (Å²) >= 11 is 0. The van der Waals surface area contributed by atoms with Gasteiger partial charge in [-0.25, -0.2) is 4.79 Å². The van der Waals surface area contributed by atoms with E-state index in [0.29, 0.717) is 6.61 Å². The molecule has 160 valence electrons. The van der Waals surface area contributed by atoms with Gasteiger partial charge in [-0.15, -0.1) is 0 Å². The SMILES string of the molecule is C1CO1.C=C(C)C(=O)OC(O)=C(O)O.CCCCCCCCCCCCO. The van der Waals surface area contributed by atoms with Crippen molar-refractivity contribution in [2.45, 2.75) is 78.1 Å². The van der Waals surface area contributed by atoms with Crippen molar-refractivity contribution in [3.8, 4) is 0 Å². The number of aliphatic hydroxyl groups excluding tert-OH is 3. The Morgan fingerprint density at radius 3 is 1.63 bits per heavy atom. The molecule has 1 heterocycles. The molecule has 0 aromatic carbocycles. The third-order valence-corrected chi connectivity index (χ3v) is 3.44. The van der Waals surface area contributed by atoms with Crippen LogP contribution in [-0.2, 0) is 14.3 Å². The molecule has 0 bridgehead atoms. The number of carbonyl (C=O) groups excluding carboxylic acids is 1. The Bertz CT molecular complexity index is 386. The van der Waals surface area contributed by atoms with Gasteiger partial charge in [0.05, 0.1) is 13.2 Å². The van der Waals surface area contributed by atoms with Gasteiger partial charge in [0.2, 0.25) is 0 Å². The molecular weight excluding hydrogens is 352 g/mol. The molecule has 7 nitrogen and oxygen atoms in total. The molecule has 0 unspecified atom stereocenters. The van der Waals surface area contributed by atoms with Crippen LogP contribution < -0.4 is 0 Å². The van der Waals surface area contributed by atoms with E-state index in [1.54, 1.807) is 0 Å². The summed E-state index contributed by atoms with van der Waals surface area (Å²) in [6.07, 6.45) is 13.3. The minimum atomic E-state index is -1.44. The van der Waals surface area contributed by atoms with Crippen LogP contribution in [0.2, 0.25) is 0 Å². The van der Waals surface area contributed by atoms with Crippen molar-refractivity contribution in [2.24, 2.45) is 0 Å². The minimum Gasteiger partial charge on any atom is -0.476 e. The molecule has 1 aliphatic heterocycles. The van der Waals surface area contributed by atoms with E-state index in [9.17, 15) is 4.79 Å². The molecule has 7 heteroatoms. The van der Waals surface area contributed by atoms with Crippen molar-refractivity contribution >= 4 is 5.97 Å². The topological polar surface area (TPSA) is 120 Å². The number of esters is 1. The van der Waals surface area contributed by atoms with Crippen LogP contribution in [0.1, 0.15) is 78.1 Å². The Kier molecular flexibility index (Phi) is 21.0. The third kappa shape index (κ3) is 26.6. The lowest BCUT2D eigenvalue weighted by Gasteiger charge is -2.00. The predicted octanol–water partition coefficient (Wildman–Crippen LogP) is 4.82. The van der Waals surface area contributed by atoms with Gasteiger partial charge in [-0.2, -0.15) is 0 Å². The van der Waals surface area contributed by atoms with Gasteiger partial charge in [0.25, 0.3) is 0 Å². The second-order valence-electron chi connectivity index (χ2n) is 6.32. The van der Waals surface area contributed by atoms with Crippen LogP contribution in [0.25, 0.3) is 0 Å². The highest BCUT2D eigenvalue weighted by molar-refractivity contribution is 5.87. The highest BCUT2D eigenvalue weighted by Crippen LogP contribution is 2.10. The largest absolute Gasteiger partial charge is 0.476 e. The van der Waals surface area contributed by atoms with Crippen molar-refractivity contribution < 1.29 is 34.7 Å². The molecule has 0 aromatic heterocycles. The van der Waals surface area contributed by atoms with E-state index in [2.05, 4.69) is 23.0 Å². The van der Waals surface area contributed by atoms with Crippen LogP contribution in [0, 0.1) is 0 Å². The Balaban J connectivity index is 0. The monoisotopic (exact) mass is 390 g/mol. The first-order valence-corrected chi connectivity index (χ1v) is 9.74. The van der Waals surface area contributed by atoms with Gasteiger partial charge in [-0.05, 0) is 13.3 Å². The number of unbranched alkanes of at least 4 members (excludes halogenated alkanes) is 9. The van der Waals surface area contributed by atoms with E-state index < -0.39 is 17.9 Å². The summed E-state index contributed by atoms with van der Waals surface area (Å²) in [5.74, 6) is -3.61.